The van der Waals surface area contributed by atoms with Crippen LogP contribution < -0.4 is 5.73 Å². The van der Waals surface area contributed by atoms with Gasteiger partial charge in [0.15, 0.2) is 6.10 Å². The molecule has 0 fully saturated rings. The molecule has 0 saturated heterocycles. The van der Waals surface area contributed by atoms with E-state index in [2.05, 4.69) is 0 Å². The van der Waals surface area contributed by atoms with Gasteiger partial charge >= 0.3 is 6.18 Å². The summed E-state index contributed by atoms with van der Waals surface area (Å²) in [5.74, 6) is -0.506. The molecule has 1 atom stereocenters. The van der Waals surface area contributed by atoms with Crippen LogP contribution >= 0.6 is 23.4 Å². The van der Waals surface area contributed by atoms with Crippen molar-refractivity contribution in [2.45, 2.75) is 17.2 Å². The van der Waals surface area contributed by atoms with Gasteiger partial charge < -0.3 is 10.8 Å². The van der Waals surface area contributed by atoms with E-state index in [1.54, 1.807) is 6.07 Å². The first-order chi connectivity index (χ1) is 7.30. The lowest BCUT2D eigenvalue weighted by Gasteiger charge is -2.14. The Morgan fingerprint density at radius 3 is 2.62 bits per heavy atom. The Hall–Kier alpha value is -0.590. The summed E-state index contributed by atoms with van der Waals surface area (Å²) in [4.78, 5) is 0.427. The predicted molar refractivity (Wildman–Crippen MR) is 58.7 cm³/mol. The van der Waals surface area contributed by atoms with E-state index in [0.717, 1.165) is 11.8 Å². The number of nitrogen functional groups attached to an aromatic ring is 1. The van der Waals surface area contributed by atoms with Crippen LogP contribution in [0.25, 0.3) is 0 Å². The molecular formula is C9H9ClF3NOS. The first kappa shape index (κ1) is 13.5. The summed E-state index contributed by atoms with van der Waals surface area (Å²) in [5.41, 5.74) is 5.88. The minimum absolute atomic E-state index is 0.337. The van der Waals surface area contributed by atoms with Crippen molar-refractivity contribution in [2.24, 2.45) is 0 Å². The Bertz CT molecular complexity index is 372. The van der Waals surface area contributed by atoms with E-state index >= 15 is 0 Å². The number of hydrogen-bond acceptors (Lipinski definition) is 3. The molecule has 16 heavy (non-hydrogen) atoms. The van der Waals surface area contributed by atoms with Crippen molar-refractivity contribution in [2.75, 3.05) is 11.5 Å². The number of alkyl halides is 3. The van der Waals surface area contributed by atoms with Crippen molar-refractivity contribution in [1.29, 1.82) is 0 Å². The largest absolute Gasteiger partial charge is 0.415 e. The van der Waals surface area contributed by atoms with Crippen LogP contribution in [0, 0.1) is 0 Å². The number of benzene rings is 1. The summed E-state index contributed by atoms with van der Waals surface area (Å²) < 4.78 is 36.0. The van der Waals surface area contributed by atoms with Crippen molar-refractivity contribution in [3.8, 4) is 0 Å². The average Bonchev–Trinajstić information content (AvgIpc) is 2.17. The summed E-state index contributed by atoms with van der Waals surface area (Å²) >= 11 is 6.49. The van der Waals surface area contributed by atoms with Crippen molar-refractivity contribution in [3.05, 3.63) is 23.2 Å². The molecule has 1 aromatic rings. The lowest BCUT2D eigenvalue weighted by Crippen LogP contribution is -2.30. The van der Waals surface area contributed by atoms with Gasteiger partial charge in [-0.3, -0.25) is 0 Å². The van der Waals surface area contributed by atoms with Crippen molar-refractivity contribution < 1.29 is 18.3 Å². The van der Waals surface area contributed by atoms with E-state index in [1.165, 1.54) is 12.1 Å². The van der Waals surface area contributed by atoms with Gasteiger partial charge in [0.05, 0.1) is 0 Å². The molecule has 0 heterocycles. The lowest BCUT2D eigenvalue weighted by atomic mass is 10.3. The fourth-order valence-electron chi connectivity index (χ4n) is 0.896. The van der Waals surface area contributed by atoms with Crippen LogP contribution in [0.3, 0.4) is 0 Å². The maximum atomic E-state index is 12.0. The number of rotatable bonds is 3. The van der Waals surface area contributed by atoms with Gasteiger partial charge in [0, 0.05) is 21.4 Å². The van der Waals surface area contributed by atoms with E-state index < -0.39 is 18.0 Å². The predicted octanol–water partition coefficient (Wildman–Crippen LogP) is 2.94. The number of halogens is 4. The van der Waals surface area contributed by atoms with Crippen molar-refractivity contribution in [3.63, 3.8) is 0 Å². The molecule has 0 amide bonds. The van der Waals surface area contributed by atoms with E-state index in [4.69, 9.17) is 22.4 Å². The zero-order valence-electron chi connectivity index (χ0n) is 7.96. The molecule has 0 saturated carbocycles. The van der Waals surface area contributed by atoms with E-state index in [9.17, 15) is 13.2 Å². The number of anilines is 1. The van der Waals surface area contributed by atoms with Crippen LogP contribution in [-0.2, 0) is 0 Å². The molecule has 90 valence electrons. The number of nitrogens with two attached hydrogens (primary N) is 1. The average molecular weight is 272 g/mol. The minimum atomic E-state index is -4.61. The second-order valence-corrected chi connectivity index (χ2v) is 4.55. The molecule has 0 aliphatic rings. The molecule has 3 N–H and O–H groups in total. The molecule has 1 aromatic carbocycles. The van der Waals surface area contributed by atoms with Crippen LogP contribution in [0.5, 0.6) is 0 Å². The zero-order chi connectivity index (χ0) is 12.3. The van der Waals surface area contributed by atoms with Crippen LogP contribution in [0.15, 0.2) is 23.1 Å². The van der Waals surface area contributed by atoms with Crippen LogP contribution in [0.4, 0.5) is 18.9 Å². The second kappa shape index (κ2) is 5.16. The molecule has 0 aromatic heterocycles. The topological polar surface area (TPSA) is 46.2 Å². The smallest absolute Gasteiger partial charge is 0.398 e. The summed E-state index contributed by atoms with van der Waals surface area (Å²) in [6, 6.07) is 4.51. The van der Waals surface area contributed by atoms with Crippen LogP contribution in [0.1, 0.15) is 0 Å². The Balaban J connectivity index is 2.64. The van der Waals surface area contributed by atoms with Gasteiger partial charge in [-0.2, -0.15) is 13.2 Å². The fraction of sp³-hybridized carbons (Fsp3) is 0.333. The molecule has 7 heteroatoms. The Morgan fingerprint density at radius 1 is 1.44 bits per heavy atom. The summed E-state index contributed by atoms with van der Waals surface area (Å²) in [6.07, 6.45) is -6.98. The highest BCUT2D eigenvalue weighted by Gasteiger charge is 2.37. The quantitative estimate of drug-likeness (QED) is 0.656. The van der Waals surface area contributed by atoms with Gasteiger partial charge in [-0.25, -0.2) is 0 Å². The van der Waals surface area contributed by atoms with Gasteiger partial charge in [-0.05, 0) is 18.2 Å². The standard InChI is InChI=1S/C9H9ClF3NOS/c10-5-1-2-6(14)7(3-5)16-4-8(15)9(11,12)13/h1-3,8,15H,4,14H2. The van der Waals surface area contributed by atoms with Gasteiger partial charge in [-0.15, -0.1) is 11.8 Å². The third-order valence-electron chi connectivity index (χ3n) is 1.75. The lowest BCUT2D eigenvalue weighted by molar-refractivity contribution is -0.195. The third-order valence-corrected chi connectivity index (χ3v) is 3.13. The molecule has 1 unspecified atom stereocenters. The van der Waals surface area contributed by atoms with Gasteiger partial charge in [0.25, 0.3) is 0 Å². The fourth-order valence-corrected chi connectivity index (χ4v) is 2.10. The number of aliphatic hydroxyl groups excluding tert-OH is 1. The highest BCUT2D eigenvalue weighted by Crippen LogP contribution is 2.31. The first-order valence-electron chi connectivity index (χ1n) is 4.23. The van der Waals surface area contributed by atoms with Gasteiger partial charge in [-0.1, -0.05) is 11.6 Å². The normalized spacial score (nSPS) is 13.8. The van der Waals surface area contributed by atoms with Gasteiger partial charge in [0.2, 0.25) is 0 Å². The van der Waals surface area contributed by atoms with E-state index in [1.807, 2.05) is 0 Å². The van der Waals surface area contributed by atoms with Gasteiger partial charge in [0.1, 0.15) is 0 Å². The number of aliphatic hydroxyl groups is 1. The highest BCUT2D eigenvalue weighted by atomic mass is 35.5. The molecule has 0 aliphatic heterocycles. The number of thioether (sulfide) groups is 1. The Labute approximate surface area is 99.6 Å². The van der Waals surface area contributed by atoms with E-state index in [-0.39, 0.29) is 0 Å². The molecule has 0 bridgehead atoms. The maximum Gasteiger partial charge on any atom is 0.415 e. The maximum absolute atomic E-state index is 12.0. The highest BCUT2D eigenvalue weighted by molar-refractivity contribution is 7.99. The van der Waals surface area contributed by atoms with Crippen molar-refractivity contribution in [1.82, 2.24) is 0 Å². The Kier molecular flexibility index (Phi) is 4.35. The Morgan fingerprint density at radius 2 is 2.06 bits per heavy atom. The number of hydrogen-bond donors (Lipinski definition) is 2. The third kappa shape index (κ3) is 3.77. The second-order valence-electron chi connectivity index (χ2n) is 3.05. The molecule has 0 aliphatic carbocycles. The summed E-state index contributed by atoms with van der Waals surface area (Å²) in [7, 11) is 0. The first-order valence-corrected chi connectivity index (χ1v) is 5.59. The monoisotopic (exact) mass is 271 g/mol. The molecule has 0 radical (unpaired) electrons. The molecule has 1 rings (SSSR count). The zero-order valence-corrected chi connectivity index (χ0v) is 9.53. The molecular weight excluding hydrogens is 263 g/mol. The van der Waals surface area contributed by atoms with Crippen molar-refractivity contribution >= 4 is 29.1 Å². The van der Waals surface area contributed by atoms with Crippen LogP contribution in [-0.4, -0.2) is 23.1 Å². The summed E-state index contributed by atoms with van der Waals surface area (Å²) in [5, 5.41) is 9.17. The molecule has 2 nitrogen and oxygen atoms in total. The minimum Gasteiger partial charge on any atom is -0.398 e. The molecule has 0 spiro atoms. The summed E-state index contributed by atoms with van der Waals surface area (Å²) in [6.45, 7) is 0. The van der Waals surface area contributed by atoms with E-state index in [0.29, 0.717) is 15.6 Å². The van der Waals surface area contributed by atoms with Crippen LogP contribution in [0.2, 0.25) is 5.02 Å². The SMILES string of the molecule is Nc1ccc(Cl)cc1SCC(O)C(F)(F)F.